The van der Waals surface area contributed by atoms with Gasteiger partial charge in [-0.2, -0.15) is 0 Å². The zero-order valence-electron chi connectivity index (χ0n) is 15.1. The highest BCUT2D eigenvalue weighted by molar-refractivity contribution is 5.79. The van der Waals surface area contributed by atoms with Crippen LogP contribution < -0.4 is 10.6 Å². The Morgan fingerprint density at radius 2 is 2.08 bits per heavy atom. The van der Waals surface area contributed by atoms with Crippen LogP contribution in [0.4, 0.5) is 0 Å². The lowest BCUT2D eigenvalue weighted by atomic mass is 9.67. The Balaban J connectivity index is 1.53. The van der Waals surface area contributed by atoms with Crippen molar-refractivity contribution >= 4 is 17.0 Å². The molecular weight excluding hydrogens is 298 g/mol. The molecule has 1 aliphatic carbocycles. The van der Waals surface area contributed by atoms with Crippen LogP contribution in [0.2, 0.25) is 0 Å². The van der Waals surface area contributed by atoms with Crippen LogP contribution in [0.3, 0.4) is 0 Å². The molecule has 0 aliphatic heterocycles. The van der Waals surface area contributed by atoms with E-state index in [1.807, 2.05) is 13.1 Å². The van der Waals surface area contributed by atoms with Crippen molar-refractivity contribution in [1.82, 2.24) is 20.2 Å². The standard InChI is InChI=1S/C19H29N5/c1-4-19(10-7-11-19)14-22-18(20-3)21-12-13-24-15(2)23-16-8-5-6-9-17(16)24/h5-6,8-9H,4,7,10-14H2,1-3H3,(H2,20,21,22). The molecule has 1 saturated carbocycles. The van der Waals surface area contributed by atoms with Crippen LogP contribution >= 0.6 is 0 Å². The molecule has 0 unspecified atom stereocenters. The van der Waals surface area contributed by atoms with Crippen LogP contribution in [0, 0.1) is 12.3 Å². The number of hydrogen-bond donors (Lipinski definition) is 2. The molecule has 0 saturated heterocycles. The van der Waals surface area contributed by atoms with Crippen molar-refractivity contribution < 1.29 is 0 Å². The molecule has 0 spiro atoms. The van der Waals surface area contributed by atoms with Gasteiger partial charge in [0.15, 0.2) is 5.96 Å². The van der Waals surface area contributed by atoms with E-state index in [1.54, 1.807) is 0 Å². The summed E-state index contributed by atoms with van der Waals surface area (Å²) in [5.41, 5.74) is 2.75. The van der Waals surface area contributed by atoms with E-state index < -0.39 is 0 Å². The van der Waals surface area contributed by atoms with E-state index in [-0.39, 0.29) is 0 Å². The second-order valence-electron chi connectivity index (χ2n) is 6.86. The summed E-state index contributed by atoms with van der Waals surface area (Å²) in [5.74, 6) is 1.96. The molecule has 24 heavy (non-hydrogen) atoms. The Kier molecular flexibility index (Phi) is 5.07. The van der Waals surface area contributed by atoms with E-state index in [1.165, 1.54) is 31.2 Å². The van der Waals surface area contributed by atoms with Crippen LogP contribution in [-0.2, 0) is 6.54 Å². The Morgan fingerprint density at radius 3 is 2.75 bits per heavy atom. The summed E-state index contributed by atoms with van der Waals surface area (Å²) in [6.45, 7) is 7.10. The van der Waals surface area contributed by atoms with Gasteiger partial charge in [-0.05, 0) is 43.7 Å². The number of guanidine groups is 1. The average molecular weight is 327 g/mol. The fourth-order valence-electron chi connectivity index (χ4n) is 3.59. The quantitative estimate of drug-likeness (QED) is 0.633. The number of aliphatic imine (C=N–C) groups is 1. The van der Waals surface area contributed by atoms with Crippen LogP contribution in [-0.4, -0.2) is 35.6 Å². The monoisotopic (exact) mass is 327 g/mol. The second kappa shape index (κ2) is 7.24. The topological polar surface area (TPSA) is 54.2 Å². The van der Waals surface area contributed by atoms with Gasteiger partial charge in [-0.25, -0.2) is 4.98 Å². The Labute approximate surface area is 144 Å². The molecule has 5 nitrogen and oxygen atoms in total. The first-order chi connectivity index (χ1) is 11.7. The fraction of sp³-hybridized carbons (Fsp3) is 0.579. The van der Waals surface area contributed by atoms with Gasteiger partial charge in [0.05, 0.1) is 11.0 Å². The van der Waals surface area contributed by atoms with Crippen molar-refractivity contribution in [2.45, 2.75) is 46.1 Å². The fourth-order valence-corrected chi connectivity index (χ4v) is 3.59. The van der Waals surface area contributed by atoms with Gasteiger partial charge in [0.25, 0.3) is 0 Å². The number of benzene rings is 1. The highest BCUT2D eigenvalue weighted by Gasteiger charge is 2.34. The lowest BCUT2D eigenvalue weighted by Gasteiger charge is -2.41. The normalized spacial score (nSPS) is 16.9. The average Bonchev–Trinajstić information content (AvgIpc) is 2.88. The van der Waals surface area contributed by atoms with E-state index in [4.69, 9.17) is 0 Å². The molecule has 0 bridgehead atoms. The van der Waals surface area contributed by atoms with E-state index in [2.05, 4.69) is 57.2 Å². The number of aryl methyl sites for hydroxylation is 1. The Morgan fingerprint density at radius 1 is 1.29 bits per heavy atom. The molecule has 0 radical (unpaired) electrons. The number of rotatable bonds is 6. The van der Waals surface area contributed by atoms with E-state index >= 15 is 0 Å². The summed E-state index contributed by atoms with van der Waals surface area (Å²) in [5, 5.41) is 6.94. The molecule has 1 aromatic carbocycles. The van der Waals surface area contributed by atoms with Crippen molar-refractivity contribution in [3.05, 3.63) is 30.1 Å². The molecule has 2 aromatic rings. The molecule has 0 amide bonds. The number of hydrogen-bond acceptors (Lipinski definition) is 2. The van der Waals surface area contributed by atoms with Crippen molar-refractivity contribution in [2.24, 2.45) is 10.4 Å². The van der Waals surface area contributed by atoms with E-state index in [0.29, 0.717) is 5.41 Å². The first kappa shape index (κ1) is 16.8. The van der Waals surface area contributed by atoms with Gasteiger partial charge in [-0.15, -0.1) is 0 Å². The molecule has 1 aromatic heterocycles. The van der Waals surface area contributed by atoms with Gasteiger partial charge in [0.1, 0.15) is 5.82 Å². The van der Waals surface area contributed by atoms with Crippen LogP contribution in [0.15, 0.2) is 29.3 Å². The third-order valence-corrected chi connectivity index (χ3v) is 5.49. The number of imidazole rings is 1. The highest BCUT2D eigenvalue weighted by atomic mass is 15.2. The van der Waals surface area contributed by atoms with Crippen LogP contribution in [0.25, 0.3) is 11.0 Å². The summed E-state index contributed by atoms with van der Waals surface area (Å²) < 4.78 is 2.26. The summed E-state index contributed by atoms with van der Waals surface area (Å²) in [7, 11) is 1.84. The maximum absolute atomic E-state index is 4.62. The Bertz CT molecular complexity index is 706. The van der Waals surface area contributed by atoms with Gasteiger partial charge >= 0.3 is 0 Å². The second-order valence-corrected chi connectivity index (χ2v) is 6.86. The number of fused-ring (bicyclic) bond motifs is 1. The van der Waals surface area contributed by atoms with E-state index in [0.717, 1.165) is 36.9 Å². The zero-order valence-corrected chi connectivity index (χ0v) is 15.1. The van der Waals surface area contributed by atoms with Gasteiger partial charge in [0.2, 0.25) is 0 Å². The predicted molar refractivity (Wildman–Crippen MR) is 100 cm³/mol. The van der Waals surface area contributed by atoms with Crippen molar-refractivity contribution in [1.29, 1.82) is 0 Å². The summed E-state index contributed by atoms with van der Waals surface area (Å²) in [6, 6.07) is 8.30. The molecule has 1 heterocycles. The smallest absolute Gasteiger partial charge is 0.191 e. The van der Waals surface area contributed by atoms with Crippen molar-refractivity contribution in [3.8, 4) is 0 Å². The third kappa shape index (κ3) is 3.40. The summed E-state index contributed by atoms with van der Waals surface area (Å²) >= 11 is 0. The molecule has 1 aliphatic rings. The molecule has 0 atom stereocenters. The van der Waals surface area contributed by atoms with Crippen molar-refractivity contribution in [3.63, 3.8) is 0 Å². The summed E-state index contributed by atoms with van der Waals surface area (Å²) in [6.07, 6.45) is 5.30. The molecule has 3 rings (SSSR count). The molecule has 130 valence electrons. The largest absolute Gasteiger partial charge is 0.356 e. The number of nitrogens with zero attached hydrogens (tertiary/aromatic N) is 3. The maximum Gasteiger partial charge on any atom is 0.191 e. The lowest BCUT2D eigenvalue weighted by Crippen LogP contribution is -2.46. The van der Waals surface area contributed by atoms with Crippen LogP contribution in [0.1, 0.15) is 38.4 Å². The van der Waals surface area contributed by atoms with Gasteiger partial charge in [-0.1, -0.05) is 25.5 Å². The number of nitrogens with one attached hydrogen (secondary N) is 2. The Hall–Kier alpha value is -2.04. The van der Waals surface area contributed by atoms with Gasteiger partial charge < -0.3 is 15.2 Å². The maximum atomic E-state index is 4.62. The van der Waals surface area contributed by atoms with Crippen molar-refractivity contribution in [2.75, 3.05) is 20.1 Å². The minimum Gasteiger partial charge on any atom is -0.356 e. The molecule has 2 N–H and O–H groups in total. The zero-order chi connectivity index (χ0) is 17.0. The lowest BCUT2D eigenvalue weighted by molar-refractivity contribution is 0.131. The molecule has 1 fully saturated rings. The number of para-hydroxylation sites is 2. The SMILES string of the molecule is CCC1(CNC(=NC)NCCn2c(C)nc3ccccc32)CCC1. The van der Waals surface area contributed by atoms with Crippen LogP contribution in [0.5, 0.6) is 0 Å². The minimum absolute atomic E-state index is 0.495. The third-order valence-electron chi connectivity index (χ3n) is 5.49. The van der Waals surface area contributed by atoms with Gasteiger partial charge in [-0.3, -0.25) is 4.99 Å². The van der Waals surface area contributed by atoms with E-state index in [9.17, 15) is 0 Å². The minimum atomic E-state index is 0.495. The predicted octanol–water partition coefficient (Wildman–Crippen LogP) is 3.09. The molecule has 5 heteroatoms. The first-order valence-electron chi connectivity index (χ1n) is 9.04. The summed E-state index contributed by atoms with van der Waals surface area (Å²) in [4.78, 5) is 8.98. The van der Waals surface area contributed by atoms with Gasteiger partial charge in [0, 0.05) is 26.7 Å². The highest BCUT2D eigenvalue weighted by Crippen LogP contribution is 2.42. The molecular formula is C19H29N5. The first-order valence-corrected chi connectivity index (χ1v) is 9.04. The number of aromatic nitrogens is 2.